The number of hydrogen-bond acceptors (Lipinski definition) is 6. The molecule has 27 heavy (non-hydrogen) atoms. The Bertz CT molecular complexity index is 1220. The summed E-state index contributed by atoms with van der Waals surface area (Å²) in [4.78, 5) is 22.1. The van der Waals surface area contributed by atoms with Gasteiger partial charge in [-0.25, -0.2) is 13.2 Å². The number of hydrogen-bond donors (Lipinski definition) is 1. The maximum Gasteiger partial charge on any atom is 0.419 e. The van der Waals surface area contributed by atoms with E-state index in [1.807, 2.05) is 0 Å². The Morgan fingerprint density at radius 1 is 1.19 bits per heavy atom. The molecule has 0 saturated carbocycles. The number of oxazole rings is 1. The standard InChI is InChI=1S/C17H17N3O6S/c1-4-19-14-7-11(3)16(9-15(14)26-17(19)21)27(24,25)18-13-8-12(20(22)23)6-5-10(13)2/h5-9,18H,4H2,1-3H3. The van der Waals surface area contributed by atoms with Crippen LogP contribution >= 0.6 is 0 Å². The van der Waals surface area contributed by atoms with Crippen molar-refractivity contribution in [2.75, 3.05) is 4.72 Å². The van der Waals surface area contributed by atoms with E-state index in [2.05, 4.69) is 4.72 Å². The number of nitro groups is 1. The van der Waals surface area contributed by atoms with Crippen LogP contribution in [-0.4, -0.2) is 17.9 Å². The first-order chi connectivity index (χ1) is 12.6. The van der Waals surface area contributed by atoms with Crippen molar-refractivity contribution in [3.05, 3.63) is 62.1 Å². The quantitative estimate of drug-likeness (QED) is 0.527. The number of aromatic nitrogens is 1. The van der Waals surface area contributed by atoms with Gasteiger partial charge in [-0.15, -0.1) is 0 Å². The monoisotopic (exact) mass is 391 g/mol. The number of non-ortho nitro benzene ring substituents is 1. The van der Waals surface area contributed by atoms with Crippen molar-refractivity contribution >= 4 is 32.5 Å². The molecular weight excluding hydrogens is 374 g/mol. The molecule has 0 radical (unpaired) electrons. The number of anilines is 1. The van der Waals surface area contributed by atoms with Crippen molar-refractivity contribution in [1.29, 1.82) is 0 Å². The van der Waals surface area contributed by atoms with Crippen LogP contribution < -0.4 is 10.5 Å². The summed E-state index contributed by atoms with van der Waals surface area (Å²) in [6.07, 6.45) is 0. The van der Waals surface area contributed by atoms with E-state index in [-0.39, 0.29) is 21.9 Å². The van der Waals surface area contributed by atoms with Gasteiger partial charge in [0, 0.05) is 24.7 Å². The largest absolute Gasteiger partial charge is 0.419 e. The third-order valence-corrected chi connectivity index (χ3v) is 5.75. The molecule has 0 atom stereocenters. The van der Waals surface area contributed by atoms with Gasteiger partial charge in [0.05, 0.1) is 21.0 Å². The molecule has 1 heterocycles. The van der Waals surface area contributed by atoms with E-state index in [1.165, 1.54) is 22.8 Å². The summed E-state index contributed by atoms with van der Waals surface area (Å²) in [5.74, 6) is -0.566. The van der Waals surface area contributed by atoms with Crippen LogP contribution in [0.25, 0.3) is 11.1 Å². The molecule has 10 heteroatoms. The number of benzene rings is 2. The predicted molar refractivity (Wildman–Crippen MR) is 99.5 cm³/mol. The molecule has 3 rings (SSSR count). The molecule has 0 aliphatic heterocycles. The Balaban J connectivity index is 2.10. The highest BCUT2D eigenvalue weighted by Gasteiger charge is 2.22. The van der Waals surface area contributed by atoms with Crippen molar-refractivity contribution in [2.45, 2.75) is 32.2 Å². The number of nitro benzene ring substituents is 1. The molecule has 9 nitrogen and oxygen atoms in total. The SMILES string of the molecule is CCn1c(=O)oc2cc(S(=O)(=O)Nc3cc([N+](=O)[O-])ccc3C)c(C)cc21. The van der Waals surface area contributed by atoms with Crippen LogP contribution in [0.4, 0.5) is 11.4 Å². The molecule has 0 aliphatic rings. The molecule has 1 aromatic heterocycles. The van der Waals surface area contributed by atoms with E-state index in [1.54, 1.807) is 26.8 Å². The van der Waals surface area contributed by atoms with Crippen LogP contribution in [0.2, 0.25) is 0 Å². The minimum absolute atomic E-state index is 0.0714. The lowest BCUT2D eigenvalue weighted by Crippen LogP contribution is -2.15. The Morgan fingerprint density at radius 3 is 2.52 bits per heavy atom. The number of nitrogens with one attached hydrogen (secondary N) is 1. The fraction of sp³-hybridized carbons (Fsp3) is 0.235. The second-order valence-electron chi connectivity index (χ2n) is 6.06. The number of aryl methyl sites for hydroxylation is 3. The van der Waals surface area contributed by atoms with Crippen molar-refractivity contribution < 1.29 is 17.8 Å². The van der Waals surface area contributed by atoms with Crippen LogP contribution in [0.15, 0.2) is 44.4 Å². The van der Waals surface area contributed by atoms with Gasteiger partial charge in [-0.05, 0) is 38.0 Å². The zero-order chi connectivity index (χ0) is 19.9. The normalized spacial score (nSPS) is 11.7. The molecule has 0 fully saturated rings. The van der Waals surface area contributed by atoms with Crippen molar-refractivity contribution in [3.63, 3.8) is 0 Å². The van der Waals surface area contributed by atoms with E-state index >= 15 is 0 Å². The summed E-state index contributed by atoms with van der Waals surface area (Å²) in [5, 5.41) is 10.9. The van der Waals surface area contributed by atoms with Gasteiger partial charge in [-0.3, -0.25) is 19.4 Å². The van der Waals surface area contributed by atoms with Gasteiger partial charge < -0.3 is 4.42 Å². The summed E-state index contributed by atoms with van der Waals surface area (Å²) in [5.41, 5.74) is 1.49. The molecule has 1 N–H and O–H groups in total. The molecule has 0 spiro atoms. The van der Waals surface area contributed by atoms with E-state index in [0.717, 1.165) is 6.07 Å². The maximum atomic E-state index is 12.9. The Kier molecular flexibility index (Phi) is 4.52. The van der Waals surface area contributed by atoms with E-state index in [9.17, 15) is 23.3 Å². The lowest BCUT2D eigenvalue weighted by molar-refractivity contribution is -0.384. The van der Waals surface area contributed by atoms with Crippen LogP contribution in [-0.2, 0) is 16.6 Å². The van der Waals surface area contributed by atoms with Crippen LogP contribution in [0.3, 0.4) is 0 Å². The fourth-order valence-corrected chi connectivity index (χ4v) is 4.18. The number of rotatable bonds is 5. The second kappa shape index (κ2) is 6.54. The number of nitrogens with zero attached hydrogens (tertiary/aromatic N) is 2. The predicted octanol–water partition coefficient (Wildman–Crippen LogP) is 2.94. The first kappa shape index (κ1) is 18.6. The van der Waals surface area contributed by atoms with Gasteiger partial charge in [0.15, 0.2) is 5.58 Å². The molecule has 142 valence electrons. The Hall–Kier alpha value is -3.14. The lowest BCUT2D eigenvalue weighted by Gasteiger charge is -2.12. The molecule has 0 saturated heterocycles. The minimum atomic E-state index is -4.05. The number of sulfonamides is 1. The molecule has 0 unspecified atom stereocenters. The van der Waals surface area contributed by atoms with Crippen LogP contribution in [0, 0.1) is 24.0 Å². The third kappa shape index (κ3) is 3.31. The second-order valence-corrected chi connectivity index (χ2v) is 7.71. The van der Waals surface area contributed by atoms with Crippen molar-refractivity contribution in [2.24, 2.45) is 0 Å². The molecule has 2 aromatic carbocycles. The molecular formula is C17H17N3O6S. The van der Waals surface area contributed by atoms with E-state index < -0.39 is 20.7 Å². The topological polar surface area (TPSA) is 124 Å². The maximum absolute atomic E-state index is 12.9. The smallest absolute Gasteiger partial charge is 0.408 e. The van der Waals surface area contributed by atoms with Gasteiger partial charge in [0.1, 0.15) is 0 Å². The highest BCUT2D eigenvalue weighted by Crippen LogP contribution is 2.28. The minimum Gasteiger partial charge on any atom is -0.408 e. The average molecular weight is 391 g/mol. The first-order valence-electron chi connectivity index (χ1n) is 8.06. The highest BCUT2D eigenvalue weighted by molar-refractivity contribution is 7.92. The summed E-state index contributed by atoms with van der Waals surface area (Å²) < 4.78 is 34.6. The highest BCUT2D eigenvalue weighted by atomic mass is 32.2. The van der Waals surface area contributed by atoms with Gasteiger partial charge in [0.25, 0.3) is 15.7 Å². The molecule has 0 aliphatic carbocycles. The zero-order valence-corrected chi connectivity index (χ0v) is 15.7. The summed E-state index contributed by atoms with van der Waals surface area (Å²) >= 11 is 0. The number of fused-ring (bicyclic) bond motifs is 1. The van der Waals surface area contributed by atoms with Gasteiger partial charge >= 0.3 is 5.76 Å². The fourth-order valence-electron chi connectivity index (χ4n) is 2.82. The van der Waals surface area contributed by atoms with Gasteiger partial charge in [-0.1, -0.05) is 6.07 Å². The summed E-state index contributed by atoms with van der Waals surface area (Å²) in [7, 11) is -4.05. The third-order valence-electron chi connectivity index (χ3n) is 4.25. The molecule has 0 bridgehead atoms. The zero-order valence-electron chi connectivity index (χ0n) is 14.8. The van der Waals surface area contributed by atoms with Crippen molar-refractivity contribution in [3.8, 4) is 0 Å². The average Bonchev–Trinajstić information content (AvgIpc) is 2.89. The molecule has 3 aromatic rings. The first-order valence-corrected chi connectivity index (χ1v) is 9.54. The Labute approximate surface area is 154 Å². The van der Waals surface area contributed by atoms with E-state index in [4.69, 9.17) is 4.42 Å². The van der Waals surface area contributed by atoms with Crippen LogP contribution in [0.1, 0.15) is 18.1 Å². The summed E-state index contributed by atoms with van der Waals surface area (Å²) in [6.45, 7) is 5.41. The summed E-state index contributed by atoms with van der Waals surface area (Å²) in [6, 6.07) is 6.78. The Morgan fingerprint density at radius 2 is 1.89 bits per heavy atom. The van der Waals surface area contributed by atoms with Gasteiger partial charge in [-0.2, -0.15) is 0 Å². The van der Waals surface area contributed by atoms with Crippen molar-refractivity contribution in [1.82, 2.24) is 4.57 Å². The van der Waals surface area contributed by atoms with Crippen LogP contribution in [0.5, 0.6) is 0 Å². The van der Waals surface area contributed by atoms with E-state index in [0.29, 0.717) is 23.2 Å². The molecule has 0 amide bonds. The lowest BCUT2D eigenvalue weighted by atomic mass is 10.2. The van der Waals surface area contributed by atoms with Gasteiger partial charge in [0.2, 0.25) is 0 Å².